The van der Waals surface area contributed by atoms with Gasteiger partial charge in [-0.3, -0.25) is 0 Å². The lowest BCUT2D eigenvalue weighted by Crippen LogP contribution is -3.14. The molecule has 27 heavy (non-hydrogen) atoms. The molecule has 3 aromatic rings. The molecule has 1 saturated heterocycles. The van der Waals surface area contributed by atoms with E-state index >= 15 is 0 Å². The van der Waals surface area contributed by atoms with Crippen LogP contribution in [-0.2, 0) is 6.42 Å². The van der Waals surface area contributed by atoms with E-state index in [0.29, 0.717) is 5.82 Å². The van der Waals surface area contributed by atoms with Gasteiger partial charge < -0.3 is 14.3 Å². The van der Waals surface area contributed by atoms with Gasteiger partial charge in [-0.05, 0) is 18.2 Å². The van der Waals surface area contributed by atoms with E-state index in [9.17, 15) is 0 Å². The Morgan fingerprint density at radius 2 is 1.85 bits per heavy atom. The minimum absolute atomic E-state index is 0.674. The van der Waals surface area contributed by atoms with Gasteiger partial charge in [0, 0.05) is 29.1 Å². The Morgan fingerprint density at radius 3 is 2.63 bits per heavy atom. The molecule has 0 atom stereocenters. The fraction of sp³-hybridized carbons (Fsp3) is 0.333. The van der Waals surface area contributed by atoms with E-state index < -0.39 is 0 Å². The summed E-state index contributed by atoms with van der Waals surface area (Å²) in [6, 6.07) is 18.1. The lowest BCUT2D eigenvalue weighted by atomic mass is 10.2. The summed E-state index contributed by atoms with van der Waals surface area (Å²) in [6.45, 7) is 5.55. The van der Waals surface area contributed by atoms with Crippen LogP contribution in [0.25, 0.3) is 11.4 Å². The van der Waals surface area contributed by atoms with Gasteiger partial charge >= 0.3 is 0 Å². The highest BCUT2D eigenvalue weighted by Crippen LogP contribution is 2.19. The van der Waals surface area contributed by atoms with Gasteiger partial charge in [-0.25, -0.2) is 0 Å². The summed E-state index contributed by atoms with van der Waals surface area (Å²) in [4.78, 5) is 8.57. The topological polar surface area (TPSA) is 46.6 Å². The molecule has 0 saturated carbocycles. The highest BCUT2D eigenvalue weighted by Gasteiger charge is 2.20. The Kier molecular flexibility index (Phi) is 5.70. The quantitative estimate of drug-likeness (QED) is 0.711. The standard InChI is InChI=1S/C21H23ClN4O/c22-18-8-4-9-19(16-18)26-14-12-25(13-15-26)11-5-10-20-23-21(24-27-20)17-6-2-1-3-7-17/h1-4,6-9,16H,5,10-15H2/p+1. The van der Waals surface area contributed by atoms with Gasteiger partial charge in [-0.15, -0.1) is 0 Å². The molecule has 0 aliphatic carbocycles. The number of halogens is 1. The Morgan fingerprint density at radius 1 is 1.04 bits per heavy atom. The van der Waals surface area contributed by atoms with Crippen molar-refractivity contribution in [1.29, 1.82) is 0 Å². The normalized spacial score (nSPS) is 15.2. The first kappa shape index (κ1) is 18.0. The van der Waals surface area contributed by atoms with Crippen molar-refractivity contribution in [2.24, 2.45) is 0 Å². The molecule has 4 rings (SSSR count). The molecule has 0 unspecified atom stereocenters. The van der Waals surface area contributed by atoms with Crippen molar-refractivity contribution < 1.29 is 9.42 Å². The highest BCUT2D eigenvalue weighted by molar-refractivity contribution is 6.30. The maximum atomic E-state index is 6.11. The summed E-state index contributed by atoms with van der Waals surface area (Å²) >= 11 is 6.11. The fourth-order valence-electron chi connectivity index (χ4n) is 3.55. The summed E-state index contributed by atoms with van der Waals surface area (Å²) in [5, 5.41) is 4.89. The highest BCUT2D eigenvalue weighted by atomic mass is 35.5. The van der Waals surface area contributed by atoms with E-state index in [1.54, 1.807) is 4.90 Å². The Hall–Kier alpha value is -2.37. The number of aryl methyl sites for hydroxylation is 1. The van der Waals surface area contributed by atoms with Crippen molar-refractivity contribution in [1.82, 2.24) is 10.1 Å². The van der Waals surface area contributed by atoms with Gasteiger partial charge in [0.15, 0.2) is 0 Å². The third-order valence-corrected chi connectivity index (χ3v) is 5.30. The number of anilines is 1. The second-order valence-corrected chi connectivity index (χ2v) is 7.38. The number of nitrogens with zero attached hydrogens (tertiary/aromatic N) is 3. The number of hydrogen-bond acceptors (Lipinski definition) is 4. The van der Waals surface area contributed by atoms with Crippen LogP contribution < -0.4 is 9.80 Å². The number of benzene rings is 2. The van der Waals surface area contributed by atoms with Crippen molar-refractivity contribution in [3.63, 3.8) is 0 Å². The summed E-state index contributed by atoms with van der Waals surface area (Å²) in [5.41, 5.74) is 2.22. The molecule has 1 aliphatic rings. The average molecular weight is 384 g/mol. The van der Waals surface area contributed by atoms with Crippen LogP contribution in [0, 0.1) is 0 Å². The van der Waals surface area contributed by atoms with Gasteiger partial charge in [-0.2, -0.15) is 4.98 Å². The van der Waals surface area contributed by atoms with Gasteiger partial charge in [0.25, 0.3) is 0 Å². The lowest BCUT2D eigenvalue weighted by Gasteiger charge is -2.33. The van der Waals surface area contributed by atoms with E-state index in [1.165, 1.54) is 5.69 Å². The first-order valence-corrected chi connectivity index (χ1v) is 9.88. The first-order valence-electron chi connectivity index (χ1n) is 9.50. The zero-order valence-corrected chi connectivity index (χ0v) is 16.0. The minimum atomic E-state index is 0.674. The third-order valence-electron chi connectivity index (χ3n) is 5.06. The van der Waals surface area contributed by atoms with Crippen LogP contribution in [-0.4, -0.2) is 42.9 Å². The Bertz CT molecular complexity index is 859. The molecule has 140 valence electrons. The van der Waals surface area contributed by atoms with Crippen molar-refractivity contribution in [2.75, 3.05) is 37.6 Å². The fourth-order valence-corrected chi connectivity index (χ4v) is 3.74. The molecular formula is C21H24ClN4O+. The second-order valence-electron chi connectivity index (χ2n) is 6.95. The summed E-state index contributed by atoms with van der Waals surface area (Å²) in [7, 11) is 0. The number of piperazine rings is 1. The lowest BCUT2D eigenvalue weighted by molar-refractivity contribution is -0.900. The van der Waals surface area contributed by atoms with Gasteiger partial charge in [0.1, 0.15) is 0 Å². The molecule has 6 heteroatoms. The van der Waals surface area contributed by atoms with Crippen molar-refractivity contribution >= 4 is 17.3 Å². The summed E-state index contributed by atoms with van der Waals surface area (Å²) < 4.78 is 5.40. The number of nitrogens with one attached hydrogen (secondary N) is 1. The Labute approximate surface area is 164 Å². The second kappa shape index (κ2) is 8.55. The zero-order valence-electron chi connectivity index (χ0n) is 15.3. The monoisotopic (exact) mass is 383 g/mol. The molecule has 1 N–H and O–H groups in total. The molecule has 0 bridgehead atoms. The van der Waals surface area contributed by atoms with Crippen molar-refractivity contribution in [3.05, 3.63) is 65.5 Å². The van der Waals surface area contributed by atoms with Crippen molar-refractivity contribution in [3.8, 4) is 11.4 Å². The van der Waals surface area contributed by atoms with Gasteiger partial charge in [0.2, 0.25) is 11.7 Å². The van der Waals surface area contributed by atoms with Gasteiger partial charge in [0.05, 0.1) is 32.7 Å². The third kappa shape index (κ3) is 4.67. The van der Waals surface area contributed by atoms with Crippen LogP contribution in [0.3, 0.4) is 0 Å². The van der Waals surface area contributed by atoms with E-state index in [0.717, 1.165) is 62.0 Å². The zero-order chi connectivity index (χ0) is 18.5. The molecule has 1 aliphatic heterocycles. The summed E-state index contributed by atoms with van der Waals surface area (Å²) in [5.74, 6) is 1.40. The van der Waals surface area contributed by atoms with Crippen LogP contribution in [0.15, 0.2) is 59.1 Å². The average Bonchev–Trinajstić information content (AvgIpc) is 3.18. The van der Waals surface area contributed by atoms with Crippen molar-refractivity contribution in [2.45, 2.75) is 12.8 Å². The predicted molar refractivity (Wildman–Crippen MR) is 107 cm³/mol. The maximum absolute atomic E-state index is 6.11. The molecule has 1 aromatic heterocycles. The smallest absolute Gasteiger partial charge is 0.227 e. The molecule has 1 fully saturated rings. The number of rotatable bonds is 6. The van der Waals surface area contributed by atoms with E-state index in [-0.39, 0.29) is 0 Å². The van der Waals surface area contributed by atoms with E-state index in [1.807, 2.05) is 48.5 Å². The van der Waals surface area contributed by atoms with Crippen LogP contribution >= 0.6 is 11.6 Å². The maximum Gasteiger partial charge on any atom is 0.227 e. The predicted octanol–water partition coefficient (Wildman–Crippen LogP) is 2.73. The number of hydrogen-bond donors (Lipinski definition) is 1. The Balaban J connectivity index is 1.22. The van der Waals surface area contributed by atoms with Gasteiger partial charge in [-0.1, -0.05) is 53.2 Å². The molecule has 5 nitrogen and oxygen atoms in total. The summed E-state index contributed by atoms with van der Waals surface area (Å²) in [6.07, 6.45) is 1.89. The number of aromatic nitrogens is 2. The van der Waals surface area contributed by atoms with E-state index in [4.69, 9.17) is 16.1 Å². The van der Waals surface area contributed by atoms with Crippen LogP contribution in [0.4, 0.5) is 5.69 Å². The first-order chi connectivity index (χ1) is 13.3. The molecule has 0 amide bonds. The minimum Gasteiger partial charge on any atom is -0.360 e. The molecule has 2 heterocycles. The van der Waals surface area contributed by atoms with E-state index in [2.05, 4.69) is 21.1 Å². The van der Waals surface area contributed by atoms with Crippen LogP contribution in [0.1, 0.15) is 12.3 Å². The van der Waals surface area contributed by atoms with Crippen LogP contribution in [0.2, 0.25) is 5.02 Å². The molecule has 0 spiro atoms. The molecule has 2 aromatic carbocycles. The van der Waals surface area contributed by atoms with Crippen LogP contribution in [0.5, 0.6) is 0 Å². The largest absolute Gasteiger partial charge is 0.360 e. The molecule has 0 radical (unpaired) electrons. The number of quaternary nitrogens is 1. The SMILES string of the molecule is Clc1cccc(N2CC[NH+](CCCc3nc(-c4ccccc4)no3)CC2)c1. The molecular weight excluding hydrogens is 360 g/mol.